The fourth-order valence-corrected chi connectivity index (χ4v) is 2.93. The summed E-state index contributed by atoms with van der Waals surface area (Å²) in [6.45, 7) is 5.66. The molecule has 0 aliphatic carbocycles. The Morgan fingerprint density at radius 2 is 2.25 bits per heavy atom. The van der Waals surface area contributed by atoms with Gasteiger partial charge in [0.05, 0.1) is 22.6 Å². The molecule has 24 heavy (non-hydrogen) atoms. The number of thioether (sulfide) groups is 1. The Kier molecular flexibility index (Phi) is 4.31. The number of hydrogen-bond donors (Lipinski definition) is 0. The van der Waals surface area contributed by atoms with Gasteiger partial charge >= 0.3 is 0 Å². The first-order chi connectivity index (χ1) is 11.3. The summed E-state index contributed by atoms with van der Waals surface area (Å²) < 4.78 is 10.2. The van der Waals surface area contributed by atoms with Crippen molar-refractivity contribution in [1.82, 2.24) is 15.0 Å². The fourth-order valence-electron chi connectivity index (χ4n) is 1.99. The van der Waals surface area contributed by atoms with Crippen molar-refractivity contribution in [2.75, 3.05) is 5.75 Å². The van der Waals surface area contributed by atoms with Gasteiger partial charge in [-0.3, -0.25) is 14.5 Å². The molecule has 2 aromatic rings. The number of ketones is 1. The first kappa shape index (κ1) is 16.5. The number of aromatic nitrogens is 2. The van der Waals surface area contributed by atoms with Gasteiger partial charge in [-0.25, -0.2) is 0 Å². The van der Waals surface area contributed by atoms with Crippen molar-refractivity contribution in [2.45, 2.75) is 27.3 Å². The van der Waals surface area contributed by atoms with Gasteiger partial charge in [0.1, 0.15) is 12.8 Å². The maximum absolute atomic E-state index is 12.2. The lowest BCUT2D eigenvalue weighted by Crippen LogP contribution is -2.26. The summed E-state index contributed by atoms with van der Waals surface area (Å²) in [6.07, 6.45) is 4.55. The quantitative estimate of drug-likeness (QED) is 0.786. The van der Waals surface area contributed by atoms with Crippen LogP contribution in [0.2, 0.25) is 0 Å². The Hall–Kier alpha value is -2.35. The molecule has 0 unspecified atom stereocenters. The maximum Gasteiger partial charge on any atom is 0.247 e. The minimum Gasteiger partial charge on any atom is -0.472 e. The number of hydrogen-bond acceptors (Lipinski definition) is 7. The summed E-state index contributed by atoms with van der Waals surface area (Å²) in [5, 5.41) is 4.49. The summed E-state index contributed by atoms with van der Waals surface area (Å²) >= 11 is 1.34. The van der Waals surface area contributed by atoms with Crippen molar-refractivity contribution in [3.05, 3.63) is 35.6 Å². The molecule has 1 amide bonds. The molecule has 0 aromatic carbocycles. The standard InChI is InChI=1S/C16H17N3O4S/c1-16(2,3)11(20)6-14-19(13(21)9-24-14)7-12-17-15(18-23-12)10-4-5-22-8-10/h4-6,8H,7,9H2,1-3H3. The molecule has 0 N–H and O–H groups in total. The number of carbonyl (C=O) groups excluding carboxylic acids is 2. The van der Waals surface area contributed by atoms with Gasteiger partial charge in [0.2, 0.25) is 17.6 Å². The molecule has 0 spiro atoms. The van der Waals surface area contributed by atoms with Crippen LogP contribution in [0.4, 0.5) is 0 Å². The third-order valence-electron chi connectivity index (χ3n) is 3.45. The molecule has 7 nitrogen and oxygen atoms in total. The highest BCUT2D eigenvalue weighted by molar-refractivity contribution is 8.04. The van der Waals surface area contributed by atoms with E-state index in [2.05, 4.69) is 10.1 Å². The fraction of sp³-hybridized carbons (Fsp3) is 0.375. The second kappa shape index (κ2) is 6.27. The van der Waals surface area contributed by atoms with Crippen LogP contribution in [-0.4, -0.2) is 32.5 Å². The van der Waals surface area contributed by atoms with Gasteiger partial charge < -0.3 is 8.94 Å². The molecular weight excluding hydrogens is 330 g/mol. The number of furan rings is 1. The molecule has 0 radical (unpaired) electrons. The second-order valence-electron chi connectivity index (χ2n) is 6.39. The van der Waals surface area contributed by atoms with Crippen molar-refractivity contribution >= 4 is 23.5 Å². The van der Waals surface area contributed by atoms with E-state index in [0.29, 0.717) is 28.1 Å². The van der Waals surface area contributed by atoms with E-state index in [0.717, 1.165) is 0 Å². The number of amides is 1. The molecule has 126 valence electrons. The summed E-state index contributed by atoms with van der Waals surface area (Å²) in [7, 11) is 0. The molecule has 8 heteroatoms. The molecule has 2 aromatic heterocycles. The van der Waals surface area contributed by atoms with Gasteiger partial charge in [-0.2, -0.15) is 4.98 Å². The third kappa shape index (κ3) is 3.43. The molecular formula is C16H17N3O4S. The Labute approximate surface area is 143 Å². The molecule has 1 aliphatic rings. The van der Waals surface area contributed by atoms with Gasteiger partial charge in [-0.1, -0.05) is 37.7 Å². The molecule has 1 aliphatic heterocycles. The molecule has 0 saturated carbocycles. The van der Waals surface area contributed by atoms with Crippen LogP contribution in [0, 0.1) is 5.41 Å². The Morgan fingerprint density at radius 1 is 1.46 bits per heavy atom. The molecule has 3 heterocycles. The third-order valence-corrected chi connectivity index (χ3v) is 4.47. The summed E-state index contributed by atoms with van der Waals surface area (Å²) in [5.41, 5.74) is 0.204. The van der Waals surface area contributed by atoms with E-state index < -0.39 is 5.41 Å². The zero-order valence-corrected chi connectivity index (χ0v) is 14.4. The van der Waals surface area contributed by atoms with E-state index in [1.807, 2.05) is 20.8 Å². The topological polar surface area (TPSA) is 89.4 Å². The van der Waals surface area contributed by atoms with Gasteiger partial charge in [0.15, 0.2) is 5.78 Å². The lowest BCUT2D eigenvalue weighted by atomic mass is 9.91. The van der Waals surface area contributed by atoms with Crippen LogP contribution in [-0.2, 0) is 16.1 Å². The summed E-state index contributed by atoms with van der Waals surface area (Å²) in [4.78, 5) is 30.1. The first-order valence-corrected chi connectivity index (χ1v) is 8.37. The molecule has 3 rings (SSSR count). The van der Waals surface area contributed by atoms with Crippen LogP contribution >= 0.6 is 11.8 Å². The summed E-state index contributed by atoms with van der Waals surface area (Å²) in [6, 6.07) is 1.72. The predicted molar refractivity (Wildman–Crippen MR) is 87.6 cm³/mol. The predicted octanol–water partition coefficient (Wildman–Crippen LogP) is 2.86. The average Bonchev–Trinajstić information content (AvgIpc) is 3.22. The number of rotatable bonds is 4. The van der Waals surface area contributed by atoms with Crippen molar-refractivity contribution in [1.29, 1.82) is 0 Å². The summed E-state index contributed by atoms with van der Waals surface area (Å²) in [5.74, 6) is 0.877. The second-order valence-corrected chi connectivity index (χ2v) is 7.38. The number of allylic oxidation sites excluding steroid dienone is 1. The zero-order valence-electron chi connectivity index (χ0n) is 13.6. The van der Waals surface area contributed by atoms with Gasteiger partial charge in [0, 0.05) is 11.5 Å². The van der Waals surface area contributed by atoms with Crippen LogP contribution in [0.1, 0.15) is 26.7 Å². The molecule has 1 saturated heterocycles. The lowest BCUT2D eigenvalue weighted by Gasteiger charge is -2.17. The number of carbonyl (C=O) groups is 2. The molecule has 1 fully saturated rings. The van der Waals surface area contributed by atoms with Gasteiger partial charge in [-0.15, -0.1) is 0 Å². The maximum atomic E-state index is 12.2. The van der Waals surface area contributed by atoms with Gasteiger partial charge in [-0.05, 0) is 6.07 Å². The Morgan fingerprint density at radius 3 is 2.92 bits per heavy atom. The van der Waals surface area contributed by atoms with Crippen LogP contribution < -0.4 is 0 Å². The van der Waals surface area contributed by atoms with E-state index in [1.54, 1.807) is 6.07 Å². The highest BCUT2D eigenvalue weighted by atomic mass is 32.2. The average molecular weight is 347 g/mol. The Bertz CT molecular complexity index is 787. The minimum atomic E-state index is -0.496. The smallest absolute Gasteiger partial charge is 0.247 e. The molecule has 0 bridgehead atoms. The Balaban J connectivity index is 1.78. The van der Waals surface area contributed by atoms with E-state index in [9.17, 15) is 9.59 Å². The van der Waals surface area contributed by atoms with Crippen LogP contribution in [0.25, 0.3) is 11.4 Å². The van der Waals surface area contributed by atoms with E-state index >= 15 is 0 Å². The monoisotopic (exact) mass is 347 g/mol. The number of nitrogens with zero attached hydrogens (tertiary/aromatic N) is 3. The van der Waals surface area contributed by atoms with Crippen molar-refractivity contribution in [3.63, 3.8) is 0 Å². The lowest BCUT2D eigenvalue weighted by molar-refractivity contribution is -0.126. The zero-order chi connectivity index (χ0) is 17.3. The van der Waals surface area contributed by atoms with Gasteiger partial charge in [0.25, 0.3) is 0 Å². The van der Waals surface area contributed by atoms with Crippen LogP contribution in [0.3, 0.4) is 0 Å². The highest BCUT2D eigenvalue weighted by Crippen LogP contribution is 2.32. The van der Waals surface area contributed by atoms with Crippen LogP contribution in [0.15, 0.2) is 38.6 Å². The SMILES string of the molecule is CC(C)(C)C(=O)C=C1SCC(=O)N1Cc1nc(-c2ccoc2)no1. The normalized spacial score (nSPS) is 17.0. The highest BCUT2D eigenvalue weighted by Gasteiger charge is 2.30. The van der Waals surface area contributed by atoms with E-state index in [4.69, 9.17) is 8.94 Å². The van der Waals surface area contributed by atoms with E-state index in [-0.39, 0.29) is 18.2 Å². The van der Waals surface area contributed by atoms with Crippen molar-refractivity contribution < 1.29 is 18.5 Å². The minimum absolute atomic E-state index is 0.0330. The van der Waals surface area contributed by atoms with Crippen molar-refractivity contribution in [2.24, 2.45) is 5.41 Å². The largest absolute Gasteiger partial charge is 0.472 e. The van der Waals surface area contributed by atoms with Crippen molar-refractivity contribution in [3.8, 4) is 11.4 Å². The van der Waals surface area contributed by atoms with Crippen LogP contribution in [0.5, 0.6) is 0 Å². The van der Waals surface area contributed by atoms with E-state index in [1.165, 1.54) is 35.3 Å². The molecule has 0 atom stereocenters. The first-order valence-electron chi connectivity index (χ1n) is 7.39.